The summed E-state index contributed by atoms with van der Waals surface area (Å²) in [6, 6.07) is 8.17. The second-order valence-electron chi connectivity index (χ2n) is 5.26. The third-order valence-corrected chi connectivity index (χ3v) is 5.06. The van der Waals surface area contributed by atoms with Crippen LogP contribution in [0.15, 0.2) is 24.3 Å². The van der Waals surface area contributed by atoms with E-state index in [4.69, 9.17) is 5.84 Å². The highest BCUT2D eigenvalue weighted by Gasteiger charge is 2.20. The second kappa shape index (κ2) is 6.53. The van der Waals surface area contributed by atoms with Gasteiger partial charge >= 0.3 is 0 Å². The van der Waals surface area contributed by atoms with E-state index in [2.05, 4.69) is 27.8 Å². The van der Waals surface area contributed by atoms with Gasteiger partial charge in [-0.15, -0.1) is 11.3 Å². The second-order valence-corrected chi connectivity index (χ2v) is 6.31. The van der Waals surface area contributed by atoms with E-state index in [1.807, 2.05) is 12.1 Å². The van der Waals surface area contributed by atoms with Gasteiger partial charge in [-0.25, -0.2) is 5.84 Å². The van der Waals surface area contributed by atoms with Gasteiger partial charge in [0.05, 0.1) is 4.88 Å². The first-order valence-corrected chi connectivity index (χ1v) is 8.05. The van der Waals surface area contributed by atoms with E-state index in [1.54, 1.807) is 0 Å². The summed E-state index contributed by atoms with van der Waals surface area (Å²) in [7, 11) is 0. The molecule has 3 rings (SSSR count). The number of hydrazine groups is 1. The van der Waals surface area contributed by atoms with Gasteiger partial charge < -0.3 is 5.32 Å². The number of rotatable bonds is 3. The zero-order chi connectivity index (χ0) is 14.7. The average molecular weight is 304 g/mol. The van der Waals surface area contributed by atoms with Crippen LogP contribution in [0, 0.1) is 0 Å². The Morgan fingerprint density at radius 1 is 1.33 bits per heavy atom. The Kier molecular flexibility index (Phi) is 4.50. The molecule has 1 aliphatic rings. The molecule has 0 aliphatic carbocycles. The van der Waals surface area contributed by atoms with Crippen molar-refractivity contribution in [3.63, 3.8) is 0 Å². The fourth-order valence-corrected chi connectivity index (χ4v) is 3.91. The Labute approximate surface area is 128 Å². The van der Waals surface area contributed by atoms with E-state index < -0.39 is 0 Å². The molecule has 0 unspecified atom stereocenters. The summed E-state index contributed by atoms with van der Waals surface area (Å²) in [5, 5.41) is 4.57. The molecule has 2 heterocycles. The number of hydrogen-bond acceptors (Lipinski definition) is 5. The Bertz CT molecular complexity index is 632. The number of nitrogens with zero attached hydrogens (tertiary/aromatic N) is 1. The van der Waals surface area contributed by atoms with Crippen molar-refractivity contribution in [3.8, 4) is 0 Å². The van der Waals surface area contributed by atoms with E-state index in [1.165, 1.54) is 16.7 Å². The standard InChI is InChI=1S/C15H20N4OS/c16-18-15(20)14-12(10-19-8-3-6-17-7-9-19)11-4-1-2-5-13(11)21-14/h1-2,4-5,17H,3,6-10,16H2,(H,18,20). The summed E-state index contributed by atoms with van der Waals surface area (Å²) >= 11 is 1.52. The smallest absolute Gasteiger partial charge is 0.275 e. The SMILES string of the molecule is NNC(=O)c1sc2ccccc2c1CN1CCCNCC1. The summed E-state index contributed by atoms with van der Waals surface area (Å²) in [5.74, 6) is 5.14. The van der Waals surface area contributed by atoms with Gasteiger partial charge in [0.1, 0.15) is 0 Å². The topological polar surface area (TPSA) is 70.4 Å². The number of carbonyl (C=O) groups is 1. The van der Waals surface area contributed by atoms with Crippen molar-refractivity contribution >= 4 is 27.3 Å². The quantitative estimate of drug-likeness (QED) is 0.454. The molecule has 1 aliphatic heterocycles. The highest BCUT2D eigenvalue weighted by atomic mass is 32.1. The van der Waals surface area contributed by atoms with Crippen LogP contribution in [0.5, 0.6) is 0 Å². The molecule has 21 heavy (non-hydrogen) atoms. The van der Waals surface area contributed by atoms with Crippen molar-refractivity contribution in [2.45, 2.75) is 13.0 Å². The highest BCUT2D eigenvalue weighted by molar-refractivity contribution is 7.21. The van der Waals surface area contributed by atoms with Gasteiger partial charge in [-0.2, -0.15) is 0 Å². The third-order valence-electron chi connectivity index (χ3n) is 3.85. The van der Waals surface area contributed by atoms with Crippen LogP contribution in [0.3, 0.4) is 0 Å². The van der Waals surface area contributed by atoms with Gasteiger partial charge in [-0.05, 0) is 36.5 Å². The van der Waals surface area contributed by atoms with Crippen LogP contribution in [0.4, 0.5) is 0 Å². The molecule has 0 saturated carbocycles. The van der Waals surface area contributed by atoms with Crippen LogP contribution >= 0.6 is 11.3 Å². The van der Waals surface area contributed by atoms with Crippen molar-refractivity contribution in [1.29, 1.82) is 0 Å². The van der Waals surface area contributed by atoms with E-state index in [-0.39, 0.29) is 5.91 Å². The maximum Gasteiger partial charge on any atom is 0.275 e. The van der Waals surface area contributed by atoms with Crippen LogP contribution in [0.25, 0.3) is 10.1 Å². The van der Waals surface area contributed by atoms with Crippen LogP contribution in [-0.4, -0.2) is 37.0 Å². The molecule has 0 bridgehead atoms. The molecule has 0 radical (unpaired) electrons. The van der Waals surface area contributed by atoms with Gasteiger partial charge in [0.2, 0.25) is 0 Å². The first kappa shape index (κ1) is 14.5. The summed E-state index contributed by atoms with van der Waals surface area (Å²) in [4.78, 5) is 15.2. The monoisotopic (exact) mass is 304 g/mol. The number of nitrogens with one attached hydrogen (secondary N) is 2. The summed E-state index contributed by atoms with van der Waals surface area (Å²) < 4.78 is 1.14. The van der Waals surface area contributed by atoms with E-state index >= 15 is 0 Å². The fourth-order valence-electron chi connectivity index (χ4n) is 2.79. The largest absolute Gasteiger partial charge is 0.315 e. The molecule has 5 nitrogen and oxygen atoms in total. The lowest BCUT2D eigenvalue weighted by molar-refractivity contribution is 0.0956. The lowest BCUT2D eigenvalue weighted by Crippen LogP contribution is -2.32. The molecule has 1 fully saturated rings. The van der Waals surface area contributed by atoms with Crippen molar-refractivity contribution in [2.24, 2.45) is 5.84 Å². The minimum absolute atomic E-state index is 0.195. The number of benzene rings is 1. The number of nitrogen functional groups attached to an aromatic ring is 1. The summed E-state index contributed by atoms with van der Waals surface area (Å²) in [6.45, 7) is 4.93. The van der Waals surface area contributed by atoms with Crippen LogP contribution < -0.4 is 16.6 Å². The minimum Gasteiger partial charge on any atom is -0.315 e. The zero-order valence-corrected chi connectivity index (χ0v) is 12.7. The fraction of sp³-hybridized carbons (Fsp3) is 0.400. The van der Waals surface area contributed by atoms with Crippen molar-refractivity contribution in [3.05, 3.63) is 34.7 Å². The third kappa shape index (κ3) is 3.08. The maximum absolute atomic E-state index is 12.1. The molecule has 112 valence electrons. The van der Waals surface area contributed by atoms with Crippen LogP contribution in [0.1, 0.15) is 21.7 Å². The van der Waals surface area contributed by atoms with E-state index in [0.717, 1.165) is 54.3 Å². The minimum atomic E-state index is -0.195. The first-order chi connectivity index (χ1) is 10.3. The first-order valence-electron chi connectivity index (χ1n) is 7.24. The number of fused-ring (bicyclic) bond motifs is 1. The Morgan fingerprint density at radius 2 is 2.19 bits per heavy atom. The zero-order valence-electron chi connectivity index (χ0n) is 11.9. The Hall–Kier alpha value is -1.47. The predicted molar refractivity (Wildman–Crippen MR) is 86.2 cm³/mol. The summed E-state index contributed by atoms with van der Waals surface area (Å²) in [5.41, 5.74) is 3.37. The molecular formula is C15H20N4OS. The Morgan fingerprint density at radius 3 is 3.05 bits per heavy atom. The number of nitrogens with two attached hydrogens (primary N) is 1. The van der Waals surface area contributed by atoms with Crippen LogP contribution in [0.2, 0.25) is 0 Å². The van der Waals surface area contributed by atoms with Crippen LogP contribution in [-0.2, 0) is 6.54 Å². The molecule has 6 heteroatoms. The molecule has 1 saturated heterocycles. The van der Waals surface area contributed by atoms with Gasteiger partial charge in [0, 0.05) is 24.3 Å². The molecule has 0 spiro atoms. The average Bonchev–Trinajstić information content (AvgIpc) is 2.69. The number of amides is 1. The number of thiophene rings is 1. The maximum atomic E-state index is 12.1. The highest BCUT2D eigenvalue weighted by Crippen LogP contribution is 2.32. The van der Waals surface area contributed by atoms with E-state index in [9.17, 15) is 4.79 Å². The molecule has 4 N–H and O–H groups in total. The number of hydrogen-bond donors (Lipinski definition) is 3. The molecule has 1 amide bonds. The molecule has 1 aromatic heterocycles. The van der Waals surface area contributed by atoms with Crippen molar-refractivity contribution < 1.29 is 4.79 Å². The predicted octanol–water partition coefficient (Wildman–Crippen LogP) is 1.30. The molecule has 0 atom stereocenters. The van der Waals surface area contributed by atoms with E-state index in [0.29, 0.717) is 0 Å². The molecular weight excluding hydrogens is 284 g/mol. The van der Waals surface area contributed by atoms with Gasteiger partial charge in [-0.1, -0.05) is 18.2 Å². The number of carbonyl (C=O) groups excluding carboxylic acids is 1. The molecule has 1 aromatic carbocycles. The van der Waals surface area contributed by atoms with Crippen molar-refractivity contribution in [1.82, 2.24) is 15.6 Å². The molecule has 2 aromatic rings. The summed E-state index contributed by atoms with van der Waals surface area (Å²) in [6.07, 6.45) is 1.14. The lowest BCUT2D eigenvalue weighted by atomic mass is 10.1. The van der Waals surface area contributed by atoms with Crippen molar-refractivity contribution in [2.75, 3.05) is 26.2 Å². The normalized spacial score (nSPS) is 16.8. The van der Waals surface area contributed by atoms with Gasteiger partial charge in [0.15, 0.2) is 0 Å². The lowest BCUT2D eigenvalue weighted by Gasteiger charge is -2.19. The van der Waals surface area contributed by atoms with Gasteiger partial charge in [0.25, 0.3) is 5.91 Å². The van der Waals surface area contributed by atoms with Gasteiger partial charge in [-0.3, -0.25) is 15.1 Å². The Balaban J connectivity index is 1.96.